The Morgan fingerprint density at radius 2 is 2.00 bits per heavy atom. The lowest BCUT2D eigenvalue weighted by Crippen LogP contribution is -2.35. The van der Waals surface area contributed by atoms with E-state index in [1.54, 1.807) is 4.90 Å². The summed E-state index contributed by atoms with van der Waals surface area (Å²) in [6, 6.07) is 8.07. The van der Waals surface area contributed by atoms with Crippen LogP contribution in [0.15, 0.2) is 24.3 Å². The molecule has 0 aromatic heterocycles. The summed E-state index contributed by atoms with van der Waals surface area (Å²) in [6.45, 7) is 4.15. The first-order valence-electron chi connectivity index (χ1n) is 6.43. The van der Waals surface area contributed by atoms with E-state index < -0.39 is 0 Å². The molecule has 1 atom stereocenters. The van der Waals surface area contributed by atoms with Crippen LogP contribution >= 0.6 is 0 Å². The molecule has 0 spiro atoms. The highest BCUT2D eigenvalue weighted by Crippen LogP contribution is 2.25. The Hall–Kier alpha value is -1.55. The Bertz CT molecular complexity index is 431. The number of rotatable bonds is 2. The number of likely N-dealkylation sites (N-methyl/N-ethyl adjacent to an activating group) is 1. The second kappa shape index (κ2) is 5.40. The zero-order valence-corrected chi connectivity index (χ0v) is 11.1. The van der Waals surface area contributed by atoms with Gasteiger partial charge in [0, 0.05) is 31.9 Å². The molecule has 18 heavy (non-hydrogen) atoms. The first-order valence-corrected chi connectivity index (χ1v) is 6.43. The van der Waals surface area contributed by atoms with Crippen LogP contribution in [0.25, 0.3) is 0 Å². The molecule has 98 valence electrons. The van der Waals surface area contributed by atoms with E-state index in [2.05, 4.69) is 11.0 Å². The van der Waals surface area contributed by atoms with Gasteiger partial charge in [-0.15, -0.1) is 0 Å². The Balaban J connectivity index is 2.28. The Labute approximate surface area is 108 Å². The van der Waals surface area contributed by atoms with Crippen LogP contribution in [0, 0.1) is 0 Å². The summed E-state index contributed by atoms with van der Waals surface area (Å²) in [7, 11) is 1.86. The van der Waals surface area contributed by atoms with Crippen LogP contribution in [0.2, 0.25) is 0 Å². The lowest BCUT2D eigenvalue weighted by atomic mass is 10.1. The van der Waals surface area contributed by atoms with Crippen molar-refractivity contribution in [2.24, 2.45) is 5.73 Å². The monoisotopic (exact) mass is 247 g/mol. The molecule has 1 aromatic carbocycles. The van der Waals surface area contributed by atoms with Crippen molar-refractivity contribution in [2.75, 3.05) is 31.6 Å². The topological polar surface area (TPSA) is 49.6 Å². The summed E-state index contributed by atoms with van der Waals surface area (Å²) < 4.78 is 0. The number of amides is 1. The van der Waals surface area contributed by atoms with Crippen molar-refractivity contribution in [3.05, 3.63) is 29.8 Å². The van der Waals surface area contributed by atoms with Crippen molar-refractivity contribution in [1.29, 1.82) is 0 Å². The van der Waals surface area contributed by atoms with Gasteiger partial charge in [0.25, 0.3) is 0 Å². The zero-order chi connectivity index (χ0) is 13.1. The van der Waals surface area contributed by atoms with Gasteiger partial charge < -0.3 is 15.5 Å². The van der Waals surface area contributed by atoms with Crippen LogP contribution in [0.1, 0.15) is 24.9 Å². The highest BCUT2D eigenvalue weighted by Gasteiger charge is 2.21. The van der Waals surface area contributed by atoms with Gasteiger partial charge in [0.1, 0.15) is 0 Å². The standard InChI is InChI=1S/C14H21N3O/c1-11(15)12-6-3-4-7-13(12)17-9-5-8-16(2)14(18)10-17/h3-4,6-7,11H,5,8-10,15H2,1-2H3. The molecule has 2 rings (SSSR count). The van der Waals surface area contributed by atoms with Crippen molar-refractivity contribution in [3.63, 3.8) is 0 Å². The maximum Gasteiger partial charge on any atom is 0.241 e. The van der Waals surface area contributed by atoms with E-state index in [0.717, 1.165) is 30.8 Å². The number of anilines is 1. The number of hydrogen-bond acceptors (Lipinski definition) is 3. The van der Waals surface area contributed by atoms with Crippen molar-refractivity contribution in [1.82, 2.24) is 4.90 Å². The SMILES string of the molecule is CC(N)c1ccccc1N1CCCN(C)C(=O)C1. The maximum atomic E-state index is 11.9. The molecular formula is C14H21N3O. The predicted molar refractivity (Wildman–Crippen MR) is 73.5 cm³/mol. The average Bonchev–Trinajstić information content (AvgIpc) is 2.52. The van der Waals surface area contributed by atoms with Crippen LogP contribution in [0.5, 0.6) is 0 Å². The summed E-state index contributed by atoms with van der Waals surface area (Å²) in [5, 5.41) is 0. The molecule has 0 bridgehead atoms. The van der Waals surface area contributed by atoms with Crippen LogP contribution in [-0.2, 0) is 4.79 Å². The van der Waals surface area contributed by atoms with Crippen LogP contribution in [0.4, 0.5) is 5.69 Å². The number of para-hydroxylation sites is 1. The zero-order valence-electron chi connectivity index (χ0n) is 11.1. The summed E-state index contributed by atoms with van der Waals surface area (Å²) >= 11 is 0. The molecule has 0 aliphatic carbocycles. The van der Waals surface area contributed by atoms with E-state index in [1.807, 2.05) is 32.2 Å². The molecule has 1 aliphatic rings. The quantitative estimate of drug-likeness (QED) is 0.859. The fraction of sp³-hybridized carbons (Fsp3) is 0.500. The third-order valence-corrected chi connectivity index (χ3v) is 3.44. The van der Waals surface area contributed by atoms with Crippen LogP contribution < -0.4 is 10.6 Å². The number of benzene rings is 1. The lowest BCUT2D eigenvalue weighted by molar-refractivity contribution is -0.127. The molecule has 1 unspecified atom stereocenters. The third kappa shape index (κ3) is 2.64. The molecule has 1 aliphatic heterocycles. The predicted octanol–water partition coefficient (Wildman–Crippen LogP) is 1.37. The third-order valence-electron chi connectivity index (χ3n) is 3.44. The molecule has 1 saturated heterocycles. The van der Waals surface area contributed by atoms with E-state index in [1.165, 1.54) is 0 Å². The Morgan fingerprint density at radius 1 is 1.28 bits per heavy atom. The minimum absolute atomic E-state index is 0.0164. The van der Waals surface area contributed by atoms with E-state index in [4.69, 9.17) is 5.73 Å². The van der Waals surface area contributed by atoms with Gasteiger partial charge in [-0.1, -0.05) is 18.2 Å². The molecule has 1 aromatic rings. The minimum Gasteiger partial charge on any atom is -0.362 e. The Morgan fingerprint density at radius 3 is 2.72 bits per heavy atom. The van der Waals surface area contributed by atoms with E-state index >= 15 is 0 Å². The minimum atomic E-state index is -0.0164. The number of hydrogen-bond donors (Lipinski definition) is 1. The van der Waals surface area contributed by atoms with Gasteiger partial charge in [0.05, 0.1) is 6.54 Å². The molecule has 0 radical (unpaired) electrons. The average molecular weight is 247 g/mol. The summed E-state index contributed by atoms with van der Waals surface area (Å²) in [4.78, 5) is 15.9. The fourth-order valence-corrected chi connectivity index (χ4v) is 2.35. The normalized spacial score (nSPS) is 18.7. The summed E-state index contributed by atoms with van der Waals surface area (Å²) in [5.41, 5.74) is 8.20. The van der Waals surface area contributed by atoms with Gasteiger partial charge in [-0.3, -0.25) is 4.79 Å². The second-order valence-corrected chi connectivity index (χ2v) is 4.94. The maximum absolute atomic E-state index is 11.9. The van der Waals surface area contributed by atoms with Crippen LogP contribution in [0.3, 0.4) is 0 Å². The second-order valence-electron chi connectivity index (χ2n) is 4.94. The molecule has 1 fully saturated rings. The highest BCUT2D eigenvalue weighted by atomic mass is 16.2. The van der Waals surface area contributed by atoms with Gasteiger partial charge in [0.15, 0.2) is 0 Å². The van der Waals surface area contributed by atoms with Crippen molar-refractivity contribution in [3.8, 4) is 0 Å². The van der Waals surface area contributed by atoms with Crippen LogP contribution in [-0.4, -0.2) is 37.5 Å². The molecule has 1 amide bonds. The molecule has 4 heteroatoms. The molecule has 1 heterocycles. The highest BCUT2D eigenvalue weighted by molar-refractivity contribution is 5.82. The van der Waals surface area contributed by atoms with E-state index in [-0.39, 0.29) is 11.9 Å². The summed E-state index contributed by atoms with van der Waals surface area (Å²) in [6.07, 6.45) is 0.996. The fourth-order valence-electron chi connectivity index (χ4n) is 2.35. The molecule has 4 nitrogen and oxygen atoms in total. The van der Waals surface area contributed by atoms with Crippen molar-refractivity contribution in [2.45, 2.75) is 19.4 Å². The largest absolute Gasteiger partial charge is 0.362 e. The van der Waals surface area contributed by atoms with E-state index in [9.17, 15) is 4.79 Å². The molecule has 2 N–H and O–H groups in total. The molecular weight excluding hydrogens is 226 g/mol. The first-order chi connectivity index (χ1) is 8.59. The first kappa shape index (κ1) is 12.9. The van der Waals surface area contributed by atoms with Crippen molar-refractivity contribution < 1.29 is 4.79 Å². The lowest BCUT2D eigenvalue weighted by Gasteiger charge is -2.25. The number of carbonyl (C=O) groups is 1. The van der Waals surface area contributed by atoms with Gasteiger partial charge in [-0.05, 0) is 25.0 Å². The molecule has 0 saturated carbocycles. The smallest absolute Gasteiger partial charge is 0.241 e. The van der Waals surface area contributed by atoms with Gasteiger partial charge in [-0.25, -0.2) is 0 Å². The van der Waals surface area contributed by atoms with Gasteiger partial charge >= 0.3 is 0 Å². The van der Waals surface area contributed by atoms with Gasteiger partial charge in [0.2, 0.25) is 5.91 Å². The number of nitrogens with zero attached hydrogens (tertiary/aromatic N) is 2. The number of carbonyl (C=O) groups excluding carboxylic acids is 1. The summed E-state index contributed by atoms with van der Waals surface area (Å²) in [5.74, 6) is 0.173. The number of nitrogens with two attached hydrogens (primary N) is 1. The Kier molecular flexibility index (Phi) is 3.87. The van der Waals surface area contributed by atoms with E-state index in [0.29, 0.717) is 6.54 Å². The van der Waals surface area contributed by atoms with Crippen molar-refractivity contribution >= 4 is 11.6 Å². The van der Waals surface area contributed by atoms with Gasteiger partial charge in [-0.2, -0.15) is 0 Å².